The second-order valence-electron chi connectivity index (χ2n) is 4.67. The largest absolute Gasteiger partial charge is 0.481 e. The van der Waals surface area contributed by atoms with Crippen molar-refractivity contribution in [3.8, 4) is 0 Å². The third kappa shape index (κ3) is 2.78. The minimum absolute atomic E-state index is 0.0296. The monoisotopic (exact) mass is 260 g/mol. The zero-order valence-electron chi connectivity index (χ0n) is 11.2. The van der Waals surface area contributed by atoms with Crippen LogP contribution in [0.2, 0.25) is 0 Å². The predicted octanol–water partition coefficient (Wildman–Crippen LogP) is 1.43. The molecule has 1 N–H and O–H groups in total. The normalized spacial score (nSPS) is 12.4. The van der Waals surface area contributed by atoms with Crippen LogP contribution in [0.3, 0.4) is 0 Å². The zero-order valence-corrected chi connectivity index (χ0v) is 11.2. The van der Waals surface area contributed by atoms with Gasteiger partial charge in [-0.25, -0.2) is 4.68 Å². The Hall–Kier alpha value is -2.24. The number of hydrogen-bond acceptors (Lipinski definition) is 4. The number of nitrogens with zero attached hydrogens (tertiary/aromatic N) is 4. The zero-order chi connectivity index (χ0) is 14.0. The summed E-state index contributed by atoms with van der Waals surface area (Å²) in [6.07, 6.45) is -0.0296. The lowest BCUT2D eigenvalue weighted by molar-refractivity contribution is -0.137. The molecule has 0 saturated heterocycles. The van der Waals surface area contributed by atoms with Crippen molar-refractivity contribution in [2.45, 2.75) is 26.2 Å². The van der Waals surface area contributed by atoms with Gasteiger partial charge in [-0.1, -0.05) is 23.8 Å². The molecule has 0 saturated carbocycles. The fourth-order valence-electron chi connectivity index (χ4n) is 2.26. The number of hydrogen-bond donors (Lipinski definition) is 1. The number of carbonyl (C=O) groups is 1. The molecule has 1 aromatic heterocycles. The molecule has 0 amide bonds. The van der Waals surface area contributed by atoms with Gasteiger partial charge < -0.3 is 5.11 Å². The van der Waals surface area contributed by atoms with E-state index in [1.54, 1.807) is 7.05 Å². The Morgan fingerprint density at radius 1 is 1.42 bits per heavy atom. The number of aliphatic carboxylic acids is 1. The van der Waals surface area contributed by atoms with Gasteiger partial charge in [0.1, 0.15) is 0 Å². The van der Waals surface area contributed by atoms with Crippen molar-refractivity contribution in [1.82, 2.24) is 20.2 Å². The summed E-state index contributed by atoms with van der Waals surface area (Å²) in [5, 5.41) is 20.4. The topological polar surface area (TPSA) is 80.9 Å². The van der Waals surface area contributed by atoms with Crippen LogP contribution in [0.1, 0.15) is 34.9 Å². The molecule has 0 radical (unpaired) electrons. The third-order valence-electron chi connectivity index (χ3n) is 3.14. The van der Waals surface area contributed by atoms with Crippen molar-refractivity contribution in [2.75, 3.05) is 0 Å². The molecule has 1 unspecified atom stereocenters. The van der Waals surface area contributed by atoms with E-state index in [9.17, 15) is 4.79 Å². The summed E-state index contributed by atoms with van der Waals surface area (Å²) in [6.45, 7) is 3.98. The van der Waals surface area contributed by atoms with Crippen LogP contribution < -0.4 is 0 Å². The first-order chi connectivity index (χ1) is 8.99. The molecular weight excluding hydrogens is 244 g/mol. The van der Waals surface area contributed by atoms with Gasteiger partial charge in [0.25, 0.3) is 0 Å². The summed E-state index contributed by atoms with van der Waals surface area (Å²) < 4.78 is 1.52. The molecular formula is C13H16N4O2. The van der Waals surface area contributed by atoms with Crippen molar-refractivity contribution in [3.05, 3.63) is 40.7 Å². The van der Waals surface area contributed by atoms with E-state index in [0.29, 0.717) is 5.82 Å². The van der Waals surface area contributed by atoms with E-state index in [0.717, 1.165) is 16.7 Å². The molecule has 6 heteroatoms. The molecule has 6 nitrogen and oxygen atoms in total. The highest BCUT2D eigenvalue weighted by Crippen LogP contribution is 2.28. The molecule has 1 heterocycles. The second kappa shape index (κ2) is 5.17. The summed E-state index contributed by atoms with van der Waals surface area (Å²) in [4.78, 5) is 11.1. The summed E-state index contributed by atoms with van der Waals surface area (Å²) in [5.41, 5.74) is 3.14. The minimum Gasteiger partial charge on any atom is -0.481 e. The maximum atomic E-state index is 11.1. The Labute approximate surface area is 111 Å². The summed E-state index contributed by atoms with van der Waals surface area (Å²) >= 11 is 0. The number of aromatic nitrogens is 4. The van der Waals surface area contributed by atoms with Crippen LogP contribution in [0.15, 0.2) is 18.2 Å². The lowest BCUT2D eigenvalue weighted by atomic mass is 9.90. The van der Waals surface area contributed by atoms with Crippen LogP contribution in [0, 0.1) is 13.8 Å². The Kier molecular flexibility index (Phi) is 3.59. The number of rotatable bonds is 4. The van der Waals surface area contributed by atoms with E-state index in [2.05, 4.69) is 15.5 Å². The first kappa shape index (κ1) is 13.2. The van der Waals surface area contributed by atoms with Gasteiger partial charge in [0.15, 0.2) is 5.82 Å². The van der Waals surface area contributed by atoms with E-state index in [1.165, 1.54) is 4.68 Å². The van der Waals surface area contributed by atoms with Gasteiger partial charge in [-0.3, -0.25) is 4.79 Å². The highest BCUT2D eigenvalue weighted by molar-refractivity contribution is 5.69. The van der Waals surface area contributed by atoms with Crippen molar-refractivity contribution < 1.29 is 9.90 Å². The molecule has 100 valence electrons. The summed E-state index contributed by atoms with van der Waals surface area (Å²) in [7, 11) is 1.72. The Bertz CT molecular complexity index is 606. The summed E-state index contributed by atoms with van der Waals surface area (Å²) in [6, 6.07) is 5.96. The van der Waals surface area contributed by atoms with E-state index in [1.807, 2.05) is 32.0 Å². The molecule has 2 aromatic rings. The highest BCUT2D eigenvalue weighted by atomic mass is 16.4. The second-order valence-corrected chi connectivity index (χ2v) is 4.67. The van der Waals surface area contributed by atoms with Gasteiger partial charge >= 0.3 is 5.97 Å². The Morgan fingerprint density at radius 2 is 2.16 bits per heavy atom. The van der Waals surface area contributed by atoms with Crippen molar-refractivity contribution in [1.29, 1.82) is 0 Å². The molecule has 1 atom stereocenters. The number of aryl methyl sites for hydroxylation is 3. The van der Waals surface area contributed by atoms with Gasteiger partial charge in [0.2, 0.25) is 0 Å². The average molecular weight is 260 g/mol. The predicted molar refractivity (Wildman–Crippen MR) is 68.8 cm³/mol. The maximum Gasteiger partial charge on any atom is 0.304 e. The molecule has 0 bridgehead atoms. The van der Waals surface area contributed by atoms with Crippen LogP contribution in [-0.2, 0) is 11.8 Å². The molecule has 0 fully saturated rings. The average Bonchev–Trinajstić information content (AvgIpc) is 2.73. The van der Waals surface area contributed by atoms with Crippen LogP contribution in [0.25, 0.3) is 0 Å². The van der Waals surface area contributed by atoms with Gasteiger partial charge in [-0.05, 0) is 35.4 Å². The fraction of sp³-hybridized carbons (Fsp3) is 0.385. The van der Waals surface area contributed by atoms with Gasteiger partial charge in [-0.2, -0.15) is 0 Å². The number of benzene rings is 1. The van der Waals surface area contributed by atoms with Crippen molar-refractivity contribution >= 4 is 5.97 Å². The molecule has 0 aliphatic carbocycles. The van der Waals surface area contributed by atoms with Crippen LogP contribution in [0.4, 0.5) is 0 Å². The standard InChI is InChI=1S/C13H16N4O2/c1-8-4-5-10(9(2)6-8)11(7-12(18)19)13-14-15-16-17(13)3/h4-6,11H,7H2,1-3H3,(H,18,19). The van der Waals surface area contributed by atoms with Crippen molar-refractivity contribution in [2.24, 2.45) is 7.05 Å². The number of carboxylic acid groups (broad SMARTS) is 1. The van der Waals surface area contributed by atoms with E-state index >= 15 is 0 Å². The SMILES string of the molecule is Cc1ccc(C(CC(=O)O)c2nnnn2C)c(C)c1. The number of carboxylic acids is 1. The lowest BCUT2D eigenvalue weighted by Crippen LogP contribution is -2.14. The smallest absolute Gasteiger partial charge is 0.304 e. The molecule has 19 heavy (non-hydrogen) atoms. The van der Waals surface area contributed by atoms with Crippen LogP contribution in [0.5, 0.6) is 0 Å². The quantitative estimate of drug-likeness (QED) is 0.899. The maximum absolute atomic E-state index is 11.1. The Balaban J connectivity index is 2.49. The summed E-state index contributed by atoms with van der Waals surface area (Å²) in [5.74, 6) is -0.638. The van der Waals surface area contributed by atoms with Gasteiger partial charge in [0.05, 0.1) is 12.3 Å². The lowest BCUT2D eigenvalue weighted by Gasteiger charge is -2.16. The van der Waals surface area contributed by atoms with Crippen LogP contribution in [-0.4, -0.2) is 31.3 Å². The third-order valence-corrected chi connectivity index (χ3v) is 3.14. The molecule has 2 rings (SSSR count). The Morgan fingerprint density at radius 3 is 2.68 bits per heavy atom. The van der Waals surface area contributed by atoms with E-state index in [4.69, 9.17) is 5.11 Å². The molecule has 0 spiro atoms. The fourth-order valence-corrected chi connectivity index (χ4v) is 2.26. The molecule has 0 aliphatic rings. The molecule has 1 aromatic carbocycles. The van der Waals surface area contributed by atoms with Crippen LogP contribution >= 0.6 is 0 Å². The van der Waals surface area contributed by atoms with Gasteiger partial charge in [0, 0.05) is 7.05 Å². The van der Waals surface area contributed by atoms with Gasteiger partial charge in [-0.15, -0.1) is 5.10 Å². The molecule has 0 aliphatic heterocycles. The number of tetrazole rings is 1. The highest BCUT2D eigenvalue weighted by Gasteiger charge is 2.24. The first-order valence-corrected chi connectivity index (χ1v) is 6.00. The minimum atomic E-state index is -0.868. The van der Waals surface area contributed by atoms with E-state index in [-0.39, 0.29) is 12.3 Å². The van der Waals surface area contributed by atoms with E-state index < -0.39 is 5.97 Å². The first-order valence-electron chi connectivity index (χ1n) is 6.00. The van der Waals surface area contributed by atoms with Crippen molar-refractivity contribution in [3.63, 3.8) is 0 Å².